The van der Waals surface area contributed by atoms with Gasteiger partial charge in [0.1, 0.15) is 5.75 Å². The van der Waals surface area contributed by atoms with Gasteiger partial charge in [0, 0.05) is 0 Å². The van der Waals surface area contributed by atoms with E-state index in [-0.39, 0.29) is 0 Å². The average molecular weight is 215 g/mol. The summed E-state index contributed by atoms with van der Waals surface area (Å²) in [7, 11) is 1.45. The molecule has 0 saturated heterocycles. The van der Waals surface area contributed by atoms with E-state index in [0.29, 0.717) is 11.4 Å². The SMILES string of the molecule is COc1ccccc1NC(=O)S(=O)O. The Morgan fingerprint density at radius 1 is 1.50 bits per heavy atom. The maximum absolute atomic E-state index is 10.9. The van der Waals surface area contributed by atoms with Gasteiger partial charge in [0.25, 0.3) is 0 Å². The van der Waals surface area contributed by atoms with Crippen LogP contribution in [0.25, 0.3) is 0 Å². The molecule has 0 aromatic heterocycles. The maximum Gasteiger partial charge on any atom is 0.340 e. The van der Waals surface area contributed by atoms with Crippen molar-refractivity contribution < 1.29 is 18.3 Å². The molecule has 6 heteroatoms. The number of methoxy groups -OCH3 is 1. The molecule has 14 heavy (non-hydrogen) atoms. The highest BCUT2D eigenvalue weighted by atomic mass is 32.2. The highest BCUT2D eigenvalue weighted by molar-refractivity contribution is 7.95. The van der Waals surface area contributed by atoms with Gasteiger partial charge in [-0.3, -0.25) is 9.35 Å². The molecule has 1 rings (SSSR count). The lowest BCUT2D eigenvalue weighted by molar-refractivity contribution is 0.267. The maximum atomic E-state index is 10.9. The Kier molecular flexibility index (Phi) is 3.61. The van der Waals surface area contributed by atoms with Gasteiger partial charge in [0.2, 0.25) is 11.1 Å². The molecule has 5 nitrogen and oxygen atoms in total. The molecule has 1 amide bonds. The number of rotatable bonds is 2. The first-order valence-corrected chi connectivity index (χ1v) is 4.80. The lowest BCUT2D eigenvalue weighted by atomic mass is 10.3. The Morgan fingerprint density at radius 3 is 2.71 bits per heavy atom. The molecule has 0 spiro atoms. The Bertz CT molecular complexity index is 366. The molecule has 0 aliphatic rings. The summed E-state index contributed by atoms with van der Waals surface area (Å²) in [6.45, 7) is 0. The summed E-state index contributed by atoms with van der Waals surface area (Å²) in [6, 6.07) is 6.61. The van der Waals surface area contributed by atoms with E-state index in [1.54, 1.807) is 24.3 Å². The average Bonchev–Trinajstić information content (AvgIpc) is 2.18. The second-order valence-corrected chi connectivity index (χ2v) is 3.23. The van der Waals surface area contributed by atoms with E-state index < -0.39 is 16.3 Å². The number of ether oxygens (including phenoxy) is 1. The minimum atomic E-state index is -2.53. The smallest absolute Gasteiger partial charge is 0.340 e. The van der Waals surface area contributed by atoms with E-state index in [1.165, 1.54) is 7.11 Å². The number of amides is 1. The van der Waals surface area contributed by atoms with Crippen LogP contribution in [0.3, 0.4) is 0 Å². The molecule has 0 aliphatic heterocycles. The zero-order valence-corrected chi connectivity index (χ0v) is 8.21. The fraction of sp³-hybridized carbons (Fsp3) is 0.125. The summed E-state index contributed by atoms with van der Waals surface area (Å²) in [5.41, 5.74) is 0.363. The van der Waals surface area contributed by atoms with E-state index >= 15 is 0 Å². The minimum absolute atomic E-state index is 0.363. The molecule has 0 saturated carbocycles. The molecule has 2 N–H and O–H groups in total. The molecule has 76 valence electrons. The van der Waals surface area contributed by atoms with Crippen molar-refractivity contribution in [2.24, 2.45) is 0 Å². The molecule has 0 bridgehead atoms. The van der Waals surface area contributed by atoms with Crippen molar-refractivity contribution >= 4 is 22.0 Å². The molecule has 0 fully saturated rings. The molecule has 0 aliphatic carbocycles. The van der Waals surface area contributed by atoms with Crippen LogP contribution in [0, 0.1) is 0 Å². The van der Waals surface area contributed by atoms with Crippen LogP contribution in [0.1, 0.15) is 0 Å². The highest BCUT2D eigenvalue weighted by Crippen LogP contribution is 2.22. The number of carbonyl (C=O) groups is 1. The number of benzene rings is 1. The second-order valence-electron chi connectivity index (χ2n) is 2.36. The Balaban J connectivity index is 2.85. The van der Waals surface area contributed by atoms with Crippen molar-refractivity contribution in [1.82, 2.24) is 0 Å². The molecule has 1 atom stereocenters. The molecular weight excluding hydrogens is 206 g/mol. The normalized spacial score (nSPS) is 11.9. The fourth-order valence-electron chi connectivity index (χ4n) is 0.902. The van der Waals surface area contributed by atoms with Crippen molar-refractivity contribution in [3.8, 4) is 5.75 Å². The van der Waals surface area contributed by atoms with Crippen LogP contribution in [0.15, 0.2) is 24.3 Å². The molecule has 1 unspecified atom stereocenters. The number of carbonyl (C=O) groups excluding carboxylic acids is 1. The van der Waals surface area contributed by atoms with Crippen molar-refractivity contribution in [1.29, 1.82) is 0 Å². The van der Waals surface area contributed by atoms with E-state index in [4.69, 9.17) is 9.29 Å². The zero-order valence-electron chi connectivity index (χ0n) is 7.39. The van der Waals surface area contributed by atoms with Crippen molar-refractivity contribution in [2.75, 3.05) is 12.4 Å². The molecule has 0 heterocycles. The van der Waals surface area contributed by atoms with Crippen LogP contribution < -0.4 is 10.1 Å². The second kappa shape index (κ2) is 4.73. The van der Waals surface area contributed by atoms with Crippen LogP contribution in [0.5, 0.6) is 5.75 Å². The summed E-state index contributed by atoms with van der Waals surface area (Å²) < 4.78 is 23.8. The highest BCUT2D eigenvalue weighted by Gasteiger charge is 2.10. The molecule has 1 aromatic rings. The summed E-state index contributed by atoms with van der Waals surface area (Å²) in [5.74, 6) is 0.436. The van der Waals surface area contributed by atoms with Crippen LogP contribution in [-0.2, 0) is 11.1 Å². The zero-order chi connectivity index (χ0) is 10.6. The molecule has 0 radical (unpaired) electrons. The Morgan fingerprint density at radius 2 is 2.14 bits per heavy atom. The van der Waals surface area contributed by atoms with Gasteiger partial charge in [-0.1, -0.05) is 12.1 Å². The predicted molar refractivity (Wildman–Crippen MR) is 52.8 cm³/mol. The van der Waals surface area contributed by atoms with Gasteiger partial charge < -0.3 is 10.1 Å². The largest absolute Gasteiger partial charge is 0.495 e. The first kappa shape index (κ1) is 10.7. The Labute approximate surface area is 83.4 Å². The third kappa shape index (κ3) is 2.54. The third-order valence-electron chi connectivity index (χ3n) is 1.50. The van der Waals surface area contributed by atoms with Gasteiger partial charge in [0.15, 0.2) is 0 Å². The number of hydrogen-bond acceptors (Lipinski definition) is 3. The van der Waals surface area contributed by atoms with Gasteiger partial charge >= 0.3 is 5.24 Å². The van der Waals surface area contributed by atoms with E-state index in [9.17, 15) is 9.00 Å². The molecular formula is C8H9NO4S. The van der Waals surface area contributed by atoms with Crippen LogP contribution in [-0.4, -0.2) is 21.1 Å². The van der Waals surface area contributed by atoms with Crippen LogP contribution in [0.2, 0.25) is 0 Å². The molecule has 1 aromatic carbocycles. The first-order valence-electron chi connectivity index (χ1n) is 3.70. The lowest BCUT2D eigenvalue weighted by Gasteiger charge is -2.07. The number of anilines is 1. The van der Waals surface area contributed by atoms with Gasteiger partial charge in [0.05, 0.1) is 12.8 Å². The van der Waals surface area contributed by atoms with Crippen LogP contribution >= 0.6 is 0 Å². The lowest BCUT2D eigenvalue weighted by Crippen LogP contribution is -2.15. The minimum Gasteiger partial charge on any atom is -0.495 e. The van der Waals surface area contributed by atoms with Gasteiger partial charge in [-0.15, -0.1) is 0 Å². The van der Waals surface area contributed by atoms with Crippen molar-refractivity contribution in [3.05, 3.63) is 24.3 Å². The number of nitrogens with one attached hydrogen (secondary N) is 1. The van der Waals surface area contributed by atoms with Crippen molar-refractivity contribution in [3.63, 3.8) is 0 Å². The summed E-state index contributed by atoms with van der Waals surface area (Å²) >= 11 is -2.53. The monoisotopic (exact) mass is 215 g/mol. The topological polar surface area (TPSA) is 75.6 Å². The number of hydrogen-bond donors (Lipinski definition) is 2. The quantitative estimate of drug-likeness (QED) is 0.732. The van der Waals surface area contributed by atoms with Gasteiger partial charge in [-0.05, 0) is 12.1 Å². The first-order chi connectivity index (χ1) is 6.65. The summed E-state index contributed by atoms with van der Waals surface area (Å²) in [4.78, 5) is 10.9. The van der Waals surface area contributed by atoms with E-state index in [2.05, 4.69) is 5.32 Å². The van der Waals surface area contributed by atoms with Gasteiger partial charge in [-0.25, -0.2) is 4.21 Å². The summed E-state index contributed by atoms with van der Waals surface area (Å²) in [6.07, 6.45) is 0. The summed E-state index contributed by atoms with van der Waals surface area (Å²) in [5, 5.41) is 1.27. The van der Waals surface area contributed by atoms with E-state index in [0.717, 1.165) is 0 Å². The third-order valence-corrected chi connectivity index (χ3v) is 1.92. The van der Waals surface area contributed by atoms with E-state index in [1.807, 2.05) is 0 Å². The number of para-hydroxylation sites is 2. The standard InChI is InChI=1S/C8H9NO4S/c1-13-7-5-3-2-4-6(7)9-8(10)14(11)12/h2-5H,1H3,(H,9,10)(H,11,12). The van der Waals surface area contributed by atoms with Crippen molar-refractivity contribution in [2.45, 2.75) is 0 Å². The predicted octanol–water partition coefficient (Wildman–Crippen LogP) is 1.45. The Hall–Kier alpha value is -1.40. The fourth-order valence-corrected chi connectivity index (χ4v) is 1.10. The van der Waals surface area contributed by atoms with Gasteiger partial charge in [-0.2, -0.15) is 0 Å². The van der Waals surface area contributed by atoms with Crippen LogP contribution in [0.4, 0.5) is 10.5 Å².